The zero-order valence-electron chi connectivity index (χ0n) is 9.09. The zero-order valence-corrected chi connectivity index (χ0v) is 12.2. The molecule has 82 valence electrons. The first-order valence-electron chi connectivity index (χ1n) is 5.02. The van der Waals surface area contributed by atoms with Crippen molar-refractivity contribution in [3.05, 3.63) is 23.8 Å². The van der Waals surface area contributed by atoms with Gasteiger partial charge >= 0.3 is 58.4 Å². The van der Waals surface area contributed by atoms with Crippen molar-refractivity contribution in [1.82, 2.24) is 0 Å². The van der Waals surface area contributed by atoms with Gasteiger partial charge in [-0.25, -0.2) is 0 Å². The molecule has 0 radical (unpaired) electrons. The predicted molar refractivity (Wildman–Crippen MR) is 53.4 cm³/mol. The Bertz CT molecular complexity index is 377. The van der Waals surface area contributed by atoms with Gasteiger partial charge < -0.3 is 18.1 Å². The van der Waals surface area contributed by atoms with E-state index in [-0.39, 0.29) is 57.3 Å². The molecule has 1 aliphatic rings. The fourth-order valence-electron chi connectivity index (χ4n) is 1.89. The monoisotopic (exact) mass is 254 g/mol. The summed E-state index contributed by atoms with van der Waals surface area (Å²) in [5.41, 5.74) is -0.405. The fraction of sp³-hybridized carbons (Fsp3) is 0.400. The smallest absolute Gasteiger partial charge is 0.511 e. The molecule has 1 saturated carbocycles. The molecule has 0 atom stereocenters. The largest absolute Gasteiger partial charge is 1.00 e. The minimum Gasteiger partial charge on any atom is -0.511 e. The maximum absolute atomic E-state index is 12.5. The van der Waals surface area contributed by atoms with Gasteiger partial charge in [0.25, 0.3) is 0 Å². The summed E-state index contributed by atoms with van der Waals surface area (Å²) in [6.45, 7) is -5.11. The van der Waals surface area contributed by atoms with Gasteiger partial charge in [-0.15, -0.1) is 0 Å². The first-order chi connectivity index (χ1) is 7.00. The minimum atomic E-state index is -5.11. The Morgan fingerprint density at radius 1 is 1.19 bits per heavy atom. The first kappa shape index (κ1) is 14.6. The number of benzene rings is 1. The molecule has 1 fully saturated rings. The van der Waals surface area contributed by atoms with Crippen LogP contribution in [0.15, 0.2) is 18.2 Å². The predicted octanol–water partition coefficient (Wildman–Crippen LogP) is -0.282. The van der Waals surface area contributed by atoms with Gasteiger partial charge in [0.2, 0.25) is 0 Å². The van der Waals surface area contributed by atoms with E-state index in [2.05, 4.69) is 0 Å². The van der Waals surface area contributed by atoms with Gasteiger partial charge in [0.1, 0.15) is 0 Å². The third-order valence-electron chi connectivity index (χ3n) is 3.00. The Hall–Kier alpha value is 0.511. The fourth-order valence-corrected chi connectivity index (χ4v) is 1.89. The summed E-state index contributed by atoms with van der Waals surface area (Å²) in [7, 11) is 0. The number of phenolic OH excluding ortho intramolecular Hbond substituents is 1. The van der Waals surface area contributed by atoms with Crippen LogP contribution in [0.25, 0.3) is 0 Å². The summed E-state index contributed by atoms with van der Waals surface area (Å²) in [4.78, 5) is 0. The molecule has 1 N–H and O–H groups in total. The molecule has 0 bridgehead atoms. The van der Waals surface area contributed by atoms with E-state index in [0.717, 1.165) is 25.3 Å². The second-order valence-corrected chi connectivity index (χ2v) is 3.99. The van der Waals surface area contributed by atoms with E-state index in [4.69, 9.17) is 0 Å². The molecule has 0 aliphatic heterocycles. The molecule has 1 nitrogen and oxygen atoms in total. The van der Waals surface area contributed by atoms with Crippen LogP contribution in [0.4, 0.5) is 12.9 Å². The summed E-state index contributed by atoms with van der Waals surface area (Å²) in [6, 6.07) is 3.90. The van der Waals surface area contributed by atoms with Crippen LogP contribution < -0.4 is 56.8 Å². The van der Waals surface area contributed by atoms with Crippen molar-refractivity contribution in [1.29, 1.82) is 0 Å². The topological polar surface area (TPSA) is 20.2 Å². The Balaban J connectivity index is 0.00000128. The average Bonchev–Trinajstić information content (AvgIpc) is 2.03. The van der Waals surface area contributed by atoms with Crippen LogP contribution in [0.1, 0.15) is 30.7 Å². The van der Waals surface area contributed by atoms with Gasteiger partial charge in [0.05, 0.1) is 5.75 Å². The standard InChI is InChI=1S/C10H11BF3O.K/c12-11(13,14)9-6-2-5-8(10(9)15)7-3-1-4-7;/h2,5-7,15H,1,3-4H2;/q-1;+1. The molecule has 2 rings (SSSR count). The summed E-state index contributed by atoms with van der Waals surface area (Å²) in [6.07, 6.45) is 2.79. The molecule has 0 spiro atoms. The van der Waals surface area contributed by atoms with Gasteiger partial charge in [-0.1, -0.05) is 30.1 Å². The van der Waals surface area contributed by atoms with Crippen molar-refractivity contribution in [2.24, 2.45) is 0 Å². The van der Waals surface area contributed by atoms with Crippen molar-refractivity contribution < 1.29 is 69.4 Å². The number of hydrogen-bond acceptors (Lipinski definition) is 1. The van der Waals surface area contributed by atoms with E-state index in [9.17, 15) is 18.1 Å². The van der Waals surface area contributed by atoms with Crippen LogP contribution in [-0.2, 0) is 0 Å². The van der Waals surface area contributed by atoms with Crippen LogP contribution in [0.2, 0.25) is 0 Å². The van der Waals surface area contributed by atoms with Gasteiger partial charge in [-0.05, 0) is 24.3 Å². The molecule has 0 amide bonds. The Kier molecular flexibility index (Phi) is 4.95. The van der Waals surface area contributed by atoms with Gasteiger partial charge in [-0.2, -0.15) is 0 Å². The normalized spacial score (nSPS) is 16.4. The first-order valence-corrected chi connectivity index (χ1v) is 5.02. The van der Waals surface area contributed by atoms with Crippen LogP contribution in [0.5, 0.6) is 5.75 Å². The van der Waals surface area contributed by atoms with E-state index < -0.39 is 18.2 Å². The number of hydrogen-bond donors (Lipinski definition) is 1. The quantitative estimate of drug-likeness (QED) is 0.720. The number of para-hydroxylation sites is 1. The summed E-state index contributed by atoms with van der Waals surface area (Å²) in [5.74, 6) is -0.446. The van der Waals surface area contributed by atoms with E-state index in [0.29, 0.717) is 5.56 Å². The van der Waals surface area contributed by atoms with Gasteiger partial charge in [0.15, 0.2) is 0 Å². The Morgan fingerprint density at radius 3 is 2.25 bits per heavy atom. The third kappa shape index (κ3) is 2.85. The molecule has 16 heavy (non-hydrogen) atoms. The van der Waals surface area contributed by atoms with Gasteiger partial charge in [0, 0.05) is 0 Å². The number of phenols is 1. The molecule has 0 unspecified atom stereocenters. The van der Waals surface area contributed by atoms with E-state index in [1.54, 1.807) is 6.07 Å². The number of halogens is 3. The maximum Gasteiger partial charge on any atom is 1.00 e. The molecule has 0 saturated heterocycles. The summed E-state index contributed by atoms with van der Waals surface area (Å²) in [5, 5.41) is 9.56. The van der Waals surface area contributed by atoms with Crippen molar-refractivity contribution in [2.45, 2.75) is 25.2 Å². The molecule has 1 aromatic rings. The van der Waals surface area contributed by atoms with Crippen molar-refractivity contribution in [2.75, 3.05) is 0 Å². The number of aromatic hydroxyl groups is 1. The van der Waals surface area contributed by atoms with Gasteiger partial charge in [-0.3, -0.25) is 0 Å². The average molecular weight is 254 g/mol. The molecule has 1 aromatic carbocycles. The zero-order chi connectivity index (χ0) is 11.1. The van der Waals surface area contributed by atoms with E-state index in [1.807, 2.05) is 0 Å². The maximum atomic E-state index is 12.5. The van der Waals surface area contributed by atoms with Crippen molar-refractivity contribution in [3.8, 4) is 5.75 Å². The minimum absolute atomic E-state index is 0. The molecule has 0 aromatic heterocycles. The molecule has 6 heteroatoms. The van der Waals surface area contributed by atoms with Crippen LogP contribution >= 0.6 is 0 Å². The molecular weight excluding hydrogens is 243 g/mol. The van der Waals surface area contributed by atoms with Crippen LogP contribution in [0, 0.1) is 0 Å². The number of rotatable bonds is 2. The molecule has 0 heterocycles. The molecule has 1 aliphatic carbocycles. The van der Waals surface area contributed by atoms with E-state index in [1.165, 1.54) is 6.07 Å². The van der Waals surface area contributed by atoms with Crippen molar-refractivity contribution in [3.63, 3.8) is 0 Å². The summed E-state index contributed by atoms with van der Waals surface area (Å²) < 4.78 is 37.5. The van der Waals surface area contributed by atoms with Crippen molar-refractivity contribution >= 4 is 12.4 Å². The molecular formula is C10H11BF3KO. The Labute approximate surface area is 135 Å². The Morgan fingerprint density at radius 2 is 1.81 bits per heavy atom. The van der Waals surface area contributed by atoms with Crippen LogP contribution in [-0.4, -0.2) is 12.1 Å². The van der Waals surface area contributed by atoms with Crippen LogP contribution in [0.3, 0.4) is 0 Å². The second kappa shape index (κ2) is 5.44. The van der Waals surface area contributed by atoms with E-state index >= 15 is 0 Å². The summed E-state index contributed by atoms with van der Waals surface area (Å²) >= 11 is 0. The third-order valence-corrected chi connectivity index (χ3v) is 3.00. The SMILES string of the molecule is Oc1c(C2CCC2)cccc1[B-](F)(F)F.[K+]. The second-order valence-electron chi connectivity index (χ2n) is 3.99.